The van der Waals surface area contributed by atoms with Gasteiger partial charge in [-0.25, -0.2) is 0 Å². The Bertz CT molecular complexity index is 730. The van der Waals surface area contributed by atoms with E-state index in [-0.39, 0.29) is 17.4 Å². The van der Waals surface area contributed by atoms with Gasteiger partial charge in [0.15, 0.2) is 5.11 Å². The van der Waals surface area contributed by atoms with E-state index in [4.69, 9.17) is 21.4 Å². The van der Waals surface area contributed by atoms with Crippen LogP contribution in [0.4, 0.5) is 0 Å². The molecule has 0 aromatic carbocycles. The Kier molecular flexibility index (Phi) is 8.19. The predicted molar refractivity (Wildman–Crippen MR) is 107 cm³/mol. The molecule has 0 spiro atoms. The number of hydrogen-bond donors (Lipinski definition) is 2. The summed E-state index contributed by atoms with van der Waals surface area (Å²) < 4.78 is 10.3. The van der Waals surface area contributed by atoms with Crippen molar-refractivity contribution >= 4 is 41.2 Å². The molecule has 1 fully saturated rings. The minimum absolute atomic E-state index is 0.0870. The molecule has 0 radical (unpaired) electrons. The normalized spacial score (nSPS) is 16.9. The van der Waals surface area contributed by atoms with Crippen molar-refractivity contribution in [2.24, 2.45) is 5.92 Å². The van der Waals surface area contributed by atoms with E-state index in [2.05, 4.69) is 10.6 Å². The fourth-order valence-corrected chi connectivity index (χ4v) is 2.87. The van der Waals surface area contributed by atoms with Crippen molar-refractivity contribution in [2.75, 3.05) is 19.7 Å². The van der Waals surface area contributed by atoms with Gasteiger partial charge in [0.05, 0.1) is 19.3 Å². The zero-order chi connectivity index (χ0) is 20.5. The van der Waals surface area contributed by atoms with E-state index in [9.17, 15) is 14.4 Å². The Balaban J connectivity index is 1.92. The quantitative estimate of drug-likeness (QED) is 0.401. The third kappa shape index (κ3) is 6.80. The number of amides is 2. The second-order valence-electron chi connectivity index (χ2n) is 6.75. The van der Waals surface area contributed by atoms with Gasteiger partial charge in [0.2, 0.25) is 11.8 Å². The van der Waals surface area contributed by atoms with Crippen LogP contribution >= 0.6 is 12.2 Å². The SMILES string of the molecule is CC(C)CCOC(=O)CC1C(=O)NCCN1C(=S)NC(=O)/C=C/c1ccco1. The highest BCUT2D eigenvalue weighted by atomic mass is 32.1. The van der Waals surface area contributed by atoms with Crippen LogP contribution in [-0.2, 0) is 19.1 Å². The number of piperazine rings is 1. The summed E-state index contributed by atoms with van der Waals surface area (Å²) in [7, 11) is 0. The first kappa shape index (κ1) is 21.6. The summed E-state index contributed by atoms with van der Waals surface area (Å²) in [6, 6.07) is 2.60. The minimum Gasteiger partial charge on any atom is -0.466 e. The predicted octanol–water partition coefficient (Wildman–Crippen LogP) is 1.47. The average Bonchev–Trinajstić information content (AvgIpc) is 3.15. The van der Waals surface area contributed by atoms with Crippen LogP contribution in [0.2, 0.25) is 0 Å². The highest BCUT2D eigenvalue weighted by Gasteiger charge is 2.34. The Hall–Kier alpha value is -2.68. The Labute approximate surface area is 169 Å². The van der Waals surface area contributed by atoms with Gasteiger partial charge in [-0.1, -0.05) is 13.8 Å². The Morgan fingerprint density at radius 2 is 2.29 bits per heavy atom. The highest BCUT2D eigenvalue weighted by molar-refractivity contribution is 7.80. The summed E-state index contributed by atoms with van der Waals surface area (Å²) in [4.78, 5) is 37.9. The lowest BCUT2D eigenvalue weighted by molar-refractivity contribution is -0.147. The number of thiocarbonyl (C=S) groups is 1. The highest BCUT2D eigenvalue weighted by Crippen LogP contribution is 2.11. The minimum atomic E-state index is -0.817. The molecular formula is C19H25N3O5S. The summed E-state index contributed by atoms with van der Waals surface area (Å²) in [5, 5.41) is 5.35. The van der Waals surface area contributed by atoms with Crippen LogP contribution in [0.5, 0.6) is 0 Å². The van der Waals surface area contributed by atoms with E-state index < -0.39 is 17.9 Å². The molecule has 1 aromatic heterocycles. The van der Waals surface area contributed by atoms with Crippen molar-refractivity contribution in [2.45, 2.75) is 32.7 Å². The number of nitrogens with zero attached hydrogens (tertiary/aromatic N) is 1. The van der Waals surface area contributed by atoms with Crippen LogP contribution < -0.4 is 10.6 Å². The van der Waals surface area contributed by atoms with Gasteiger partial charge < -0.3 is 19.4 Å². The number of nitrogens with one attached hydrogen (secondary N) is 2. The molecule has 0 bridgehead atoms. The maximum atomic E-state index is 12.2. The lowest BCUT2D eigenvalue weighted by atomic mass is 10.1. The van der Waals surface area contributed by atoms with Crippen LogP contribution in [0, 0.1) is 5.92 Å². The molecule has 28 heavy (non-hydrogen) atoms. The van der Waals surface area contributed by atoms with Crippen molar-refractivity contribution in [3.05, 3.63) is 30.2 Å². The van der Waals surface area contributed by atoms with Crippen LogP contribution in [0.25, 0.3) is 6.08 Å². The zero-order valence-corrected chi connectivity index (χ0v) is 16.8. The van der Waals surface area contributed by atoms with Crippen LogP contribution in [0.3, 0.4) is 0 Å². The molecule has 9 heteroatoms. The molecule has 1 saturated heterocycles. The van der Waals surface area contributed by atoms with Crippen LogP contribution in [0.15, 0.2) is 28.9 Å². The smallest absolute Gasteiger partial charge is 0.308 e. The van der Waals surface area contributed by atoms with Crippen molar-refractivity contribution in [3.8, 4) is 0 Å². The maximum Gasteiger partial charge on any atom is 0.308 e. The number of carbonyl (C=O) groups excluding carboxylic acids is 3. The molecular weight excluding hydrogens is 382 g/mol. The number of ether oxygens (including phenoxy) is 1. The molecule has 152 valence electrons. The molecule has 1 aromatic rings. The maximum absolute atomic E-state index is 12.2. The second-order valence-corrected chi connectivity index (χ2v) is 7.14. The van der Waals surface area contributed by atoms with Crippen molar-refractivity contribution < 1.29 is 23.5 Å². The fraction of sp³-hybridized carbons (Fsp3) is 0.474. The van der Waals surface area contributed by atoms with Crippen molar-refractivity contribution in [1.29, 1.82) is 0 Å². The van der Waals surface area contributed by atoms with E-state index in [1.165, 1.54) is 23.3 Å². The standard InChI is InChI=1S/C19H25N3O5S/c1-13(2)7-11-27-17(24)12-15-18(25)20-8-9-22(15)19(28)21-16(23)6-5-14-4-3-10-26-14/h3-6,10,13,15H,7-9,11-12H2,1-2H3,(H,20,25)(H,21,23,28)/b6-5+. The Morgan fingerprint density at radius 3 is 2.96 bits per heavy atom. The third-order valence-electron chi connectivity index (χ3n) is 4.08. The van der Waals surface area contributed by atoms with E-state index in [0.717, 1.165) is 6.42 Å². The van der Waals surface area contributed by atoms with Gasteiger partial charge in [-0.3, -0.25) is 19.7 Å². The van der Waals surface area contributed by atoms with Gasteiger partial charge in [0.25, 0.3) is 0 Å². The zero-order valence-electron chi connectivity index (χ0n) is 16.0. The Morgan fingerprint density at radius 1 is 1.50 bits per heavy atom. The average molecular weight is 407 g/mol. The van der Waals surface area contributed by atoms with Gasteiger partial charge in [-0.05, 0) is 42.8 Å². The molecule has 0 aliphatic carbocycles. The summed E-state index contributed by atoms with van der Waals surface area (Å²) in [5.41, 5.74) is 0. The molecule has 2 rings (SSSR count). The lowest BCUT2D eigenvalue weighted by Gasteiger charge is -2.36. The van der Waals surface area contributed by atoms with Crippen molar-refractivity contribution in [1.82, 2.24) is 15.5 Å². The summed E-state index contributed by atoms with van der Waals surface area (Å²) >= 11 is 5.27. The number of rotatable bonds is 7. The molecule has 1 unspecified atom stereocenters. The number of furan rings is 1. The van der Waals surface area contributed by atoms with E-state index in [1.54, 1.807) is 12.1 Å². The number of carbonyl (C=O) groups is 3. The topological polar surface area (TPSA) is 101 Å². The molecule has 1 aliphatic rings. The summed E-state index contributed by atoms with van der Waals surface area (Å²) in [6.45, 7) is 5.13. The van der Waals surface area contributed by atoms with Gasteiger partial charge in [-0.15, -0.1) is 0 Å². The summed E-state index contributed by atoms with van der Waals surface area (Å²) in [5.74, 6) is -0.306. The molecule has 2 amide bonds. The monoisotopic (exact) mass is 407 g/mol. The van der Waals surface area contributed by atoms with Crippen LogP contribution in [0.1, 0.15) is 32.4 Å². The molecule has 2 N–H and O–H groups in total. The van der Waals surface area contributed by atoms with E-state index >= 15 is 0 Å². The van der Waals surface area contributed by atoms with Crippen LogP contribution in [-0.4, -0.2) is 53.5 Å². The van der Waals surface area contributed by atoms with E-state index in [0.29, 0.717) is 31.4 Å². The fourth-order valence-electron chi connectivity index (χ4n) is 2.55. The van der Waals surface area contributed by atoms with Gasteiger partial charge in [-0.2, -0.15) is 0 Å². The summed E-state index contributed by atoms with van der Waals surface area (Å²) in [6.07, 6.45) is 4.90. The van der Waals surface area contributed by atoms with Gasteiger partial charge in [0.1, 0.15) is 11.8 Å². The first-order valence-corrected chi connectivity index (χ1v) is 9.54. The van der Waals surface area contributed by atoms with Crippen molar-refractivity contribution in [3.63, 3.8) is 0 Å². The van der Waals surface area contributed by atoms with Gasteiger partial charge >= 0.3 is 5.97 Å². The first-order valence-electron chi connectivity index (χ1n) is 9.13. The first-order chi connectivity index (χ1) is 13.4. The molecule has 1 aliphatic heterocycles. The molecule has 1 atom stereocenters. The second kappa shape index (κ2) is 10.6. The largest absolute Gasteiger partial charge is 0.466 e. The van der Waals surface area contributed by atoms with Gasteiger partial charge in [0, 0.05) is 19.2 Å². The molecule has 0 saturated carbocycles. The number of hydrogen-bond acceptors (Lipinski definition) is 6. The van der Waals surface area contributed by atoms with E-state index in [1.807, 2.05) is 13.8 Å². The molecule has 2 heterocycles. The molecule has 8 nitrogen and oxygen atoms in total. The third-order valence-corrected chi connectivity index (χ3v) is 4.42. The number of esters is 1. The lowest BCUT2D eigenvalue weighted by Crippen LogP contribution is -2.60.